The van der Waals surface area contributed by atoms with Crippen molar-refractivity contribution >= 4 is 10.0 Å². The summed E-state index contributed by atoms with van der Waals surface area (Å²) < 4.78 is 26.7. The number of aromatic nitrogens is 2. The Hall–Kier alpha value is -1.18. The van der Waals surface area contributed by atoms with Crippen molar-refractivity contribution in [1.29, 1.82) is 0 Å². The van der Waals surface area contributed by atoms with Gasteiger partial charge in [0.05, 0.1) is 0 Å². The van der Waals surface area contributed by atoms with Crippen LogP contribution in [0, 0.1) is 6.92 Å². The second-order valence-corrected chi connectivity index (χ2v) is 6.65. The first-order valence-corrected chi connectivity index (χ1v) is 8.17. The van der Waals surface area contributed by atoms with Crippen molar-refractivity contribution in [3.63, 3.8) is 0 Å². The highest BCUT2D eigenvalue weighted by Crippen LogP contribution is 2.21. The minimum atomic E-state index is -3.60. The number of sulfonamides is 1. The molecule has 0 bridgehead atoms. The van der Waals surface area contributed by atoms with Gasteiger partial charge in [0.25, 0.3) is 10.0 Å². The fourth-order valence-electron chi connectivity index (χ4n) is 1.89. The maximum absolute atomic E-state index is 12.7. The van der Waals surface area contributed by atoms with Crippen LogP contribution in [-0.2, 0) is 16.6 Å². The van der Waals surface area contributed by atoms with E-state index in [1.54, 1.807) is 0 Å². The molecule has 0 atom stereocenters. The SMILES string of the molecule is C=C(C)CN(CC)S(=O)(=O)c1n[nH]c(C)c1CNCC. The Balaban J connectivity index is 3.17. The third kappa shape index (κ3) is 3.68. The van der Waals surface area contributed by atoms with Crippen LogP contribution in [0.15, 0.2) is 17.2 Å². The molecule has 1 rings (SSSR count). The van der Waals surface area contributed by atoms with E-state index in [0.29, 0.717) is 25.2 Å². The quantitative estimate of drug-likeness (QED) is 0.712. The van der Waals surface area contributed by atoms with Crippen LogP contribution in [0.2, 0.25) is 0 Å². The molecule has 6 nitrogen and oxygen atoms in total. The smallest absolute Gasteiger partial charge is 0.262 e. The van der Waals surface area contributed by atoms with Gasteiger partial charge in [0, 0.05) is 30.9 Å². The van der Waals surface area contributed by atoms with Crippen LogP contribution in [0.4, 0.5) is 0 Å². The van der Waals surface area contributed by atoms with Crippen LogP contribution in [0.3, 0.4) is 0 Å². The van der Waals surface area contributed by atoms with Gasteiger partial charge < -0.3 is 5.32 Å². The van der Waals surface area contributed by atoms with Crippen LogP contribution < -0.4 is 5.32 Å². The molecule has 0 amide bonds. The zero-order chi connectivity index (χ0) is 15.3. The van der Waals surface area contributed by atoms with Gasteiger partial charge in [-0.15, -0.1) is 0 Å². The van der Waals surface area contributed by atoms with Gasteiger partial charge in [-0.05, 0) is 20.4 Å². The van der Waals surface area contributed by atoms with E-state index in [1.165, 1.54) is 4.31 Å². The first-order valence-electron chi connectivity index (χ1n) is 6.73. The molecule has 0 aromatic carbocycles. The summed E-state index contributed by atoms with van der Waals surface area (Å²) in [5.41, 5.74) is 2.28. The monoisotopic (exact) mass is 300 g/mol. The average Bonchev–Trinajstić information content (AvgIpc) is 2.75. The molecule has 1 aromatic heterocycles. The van der Waals surface area contributed by atoms with E-state index < -0.39 is 10.0 Å². The van der Waals surface area contributed by atoms with Crippen molar-refractivity contribution in [2.75, 3.05) is 19.6 Å². The average molecular weight is 300 g/mol. The summed E-state index contributed by atoms with van der Waals surface area (Å²) in [5.74, 6) is 0. The molecule has 1 aromatic rings. The Labute approximate surface area is 121 Å². The summed E-state index contributed by atoms with van der Waals surface area (Å²) in [6.07, 6.45) is 0. The summed E-state index contributed by atoms with van der Waals surface area (Å²) >= 11 is 0. The molecule has 0 radical (unpaired) electrons. The van der Waals surface area contributed by atoms with Crippen LogP contribution in [0.25, 0.3) is 0 Å². The molecular formula is C13H24N4O2S. The molecule has 0 unspecified atom stereocenters. The molecule has 0 aliphatic carbocycles. The molecule has 0 fully saturated rings. The highest BCUT2D eigenvalue weighted by atomic mass is 32.2. The number of hydrogen-bond acceptors (Lipinski definition) is 4. The molecule has 114 valence electrons. The molecule has 0 saturated carbocycles. The number of aryl methyl sites for hydroxylation is 1. The molecule has 7 heteroatoms. The fraction of sp³-hybridized carbons (Fsp3) is 0.615. The van der Waals surface area contributed by atoms with Crippen LogP contribution in [0.5, 0.6) is 0 Å². The summed E-state index contributed by atoms with van der Waals surface area (Å²) in [7, 11) is -3.60. The maximum Gasteiger partial charge on any atom is 0.262 e. The Morgan fingerprint density at radius 2 is 2.10 bits per heavy atom. The number of nitrogens with zero attached hydrogens (tertiary/aromatic N) is 2. The predicted octanol–water partition coefficient (Wildman–Crippen LogP) is 1.41. The molecule has 1 heterocycles. The Bertz CT molecular complexity index is 563. The fourth-order valence-corrected chi connectivity index (χ4v) is 3.56. The van der Waals surface area contributed by atoms with Crippen LogP contribution in [-0.4, -0.2) is 42.6 Å². The number of aromatic amines is 1. The number of rotatable bonds is 8. The molecule has 0 aliphatic rings. The summed E-state index contributed by atoms with van der Waals surface area (Å²) in [6, 6.07) is 0. The Morgan fingerprint density at radius 3 is 2.60 bits per heavy atom. The first-order chi connectivity index (χ1) is 9.34. The van der Waals surface area contributed by atoms with E-state index in [0.717, 1.165) is 17.8 Å². The van der Waals surface area contributed by atoms with Crippen molar-refractivity contribution in [1.82, 2.24) is 19.8 Å². The summed E-state index contributed by atoms with van der Waals surface area (Å²) in [4.78, 5) is 0. The lowest BCUT2D eigenvalue weighted by atomic mass is 10.2. The van der Waals surface area contributed by atoms with Crippen molar-refractivity contribution in [3.8, 4) is 0 Å². The lowest BCUT2D eigenvalue weighted by molar-refractivity contribution is 0.449. The highest BCUT2D eigenvalue weighted by Gasteiger charge is 2.29. The minimum Gasteiger partial charge on any atom is -0.313 e. The largest absolute Gasteiger partial charge is 0.313 e. The second-order valence-electron chi connectivity index (χ2n) is 4.80. The molecular weight excluding hydrogens is 276 g/mol. The third-order valence-electron chi connectivity index (χ3n) is 2.97. The number of hydrogen-bond donors (Lipinski definition) is 2. The van der Waals surface area contributed by atoms with Crippen molar-refractivity contribution in [3.05, 3.63) is 23.4 Å². The van der Waals surface area contributed by atoms with E-state index in [9.17, 15) is 8.42 Å². The van der Waals surface area contributed by atoms with Gasteiger partial charge in [-0.2, -0.15) is 9.40 Å². The van der Waals surface area contributed by atoms with E-state index in [-0.39, 0.29) is 5.03 Å². The lowest BCUT2D eigenvalue weighted by Gasteiger charge is -2.20. The topological polar surface area (TPSA) is 78.1 Å². The van der Waals surface area contributed by atoms with Crippen molar-refractivity contribution < 1.29 is 8.42 Å². The highest BCUT2D eigenvalue weighted by molar-refractivity contribution is 7.89. The zero-order valence-electron chi connectivity index (χ0n) is 12.7. The third-order valence-corrected chi connectivity index (χ3v) is 4.86. The van der Waals surface area contributed by atoms with Gasteiger partial charge in [-0.25, -0.2) is 8.42 Å². The van der Waals surface area contributed by atoms with Gasteiger partial charge in [-0.1, -0.05) is 26.0 Å². The Kier molecular flexibility index (Phi) is 5.91. The number of nitrogens with one attached hydrogen (secondary N) is 2. The number of H-pyrrole nitrogens is 1. The van der Waals surface area contributed by atoms with Gasteiger partial charge in [0.15, 0.2) is 5.03 Å². The summed E-state index contributed by atoms with van der Waals surface area (Å²) in [6.45, 7) is 13.2. The van der Waals surface area contributed by atoms with Crippen LogP contribution in [0.1, 0.15) is 32.0 Å². The van der Waals surface area contributed by atoms with E-state index in [2.05, 4.69) is 22.1 Å². The van der Waals surface area contributed by atoms with Crippen molar-refractivity contribution in [2.24, 2.45) is 0 Å². The second kappa shape index (κ2) is 7.01. The van der Waals surface area contributed by atoms with Gasteiger partial charge in [0.1, 0.15) is 0 Å². The van der Waals surface area contributed by atoms with E-state index in [4.69, 9.17) is 0 Å². The summed E-state index contributed by atoms with van der Waals surface area (Å²) in [5, 5.41) is 10.0. The standard InChI is InChI=1S/C13H24N4O2S/c1-6-14-8-12-11(5)15-16-13(12)20(18,19)17(7-2)9-10(3)4/h14H,3,6-9H2,1-2,4-5H3,(H,15,16). The normalized spacial score (nSPS) is 12.1. The van der Waals surface area contributed by atoms with Crippen LogP contribution >= 0.6 is 0 Å². The minimum absolute atomic E-state index is 0.110. The number of likely N-dealkylation sites (N-methyl/N-ethyl adjacent to an activating group) is 1. The predicted molar refractivity (Wildman–Crippen MR) is 80.0 cm³/mol. The first kappa shape index (κ1) is 16.9. The molecule has 0 aliphatic heterocycles. The molecule has 0 saturated heterocycles. The Morgan fingerprint density at radius 1 is 1.45 bits per heavy atom. The van der Waals surface area contributed by atoms with Gasteiger partial charge >= 0.3 is 0 Å². The van der Waals surface area contributed by atoms with E-state index >= 15 is 0 Å². The van der Waals surface area contributed by atoms with Crippen molar-refractivity contribution in [2.45, 2.75) is 39.3 Å². The molecule has 2 N–H and O–H groups in total. The van der Waals surface area contributed by atoms with Gasteiger partial charge in [0.2, 0.25) is 0 Å². The molecule has 20 heavy (non-hydrogen) atoms. The molecule has 0 spiro atoms. The van der Waals surface area contributed by atoms with Gasteiger partial charge in [-0.3, -0.25) is 5.10 Å². The zero-order valence-corrected chi connectivity index (χ0v) is 13.5. The van der Waals surface area contributed by atoms with E-state index in [1.807, 2.05) is 27.7 Å². The maximum atomic E-state index is 12.7. The lowest BCUT2D eigenvalue weighted by Crippen LogP contribution is -2.33.